The van der Waals surface area contributed by atoms with Gasteiger partial charge in [0.25, 0.3) is 0 Å². The molecule has 1 aromatic heterocycles. The minimum Gasteiger partial charge on any atom is -0.496 e. The van der Waals surface area contributed by atoms with E-state index in [9.17, 15) is 9.18 Å². The molecule has 1 fully saturated rings. The molecule has 1 amide bonds. The van der Waals surface area contributed by atoms with Gasteiger partial charge in [-0.05, 0) is 37.1 Å². The largest absolute Gasteiger partial charge is 0.496 e. The Morgan fingerprint density at radius 3 is 2.94 bits per heavy atom. The third-order valence-corrected chi connectivity index (χ3v) is 6.00. The van der Waals surface area contributed by atoms with Gasteiger partial charge >= 0.3 is 0 Å². The van der Waals surface area contributed by atoms with Crippen molar-refractivity contribution in [2.24, 2.45) is 11.7 Å². The average molecular weight is 444 g/mol. The Kier molecular flexibility index (Phi) is 5.93. The number of rotatable bonds is 6. The smallest absolute Gasteiger partial charge is 0.235 e. The van der Waals surface area contributed by atoms with Crippen LogP contribution in [0.4, 0.5) is 15.9 Å². The predicted octanol–water partition coefficient (Wildman–Crippen LogP) is 3.87. The number of primary amides is 1. The number of anilines is 2. The lowest BCUT2D eigenvalue weighted by Crippen LogP contribution is -2.42. The number of carbonyl (C=O) groups is 1. The first-order chi connectivity index (χ1) is 14.9. The molecule has 1 aliphatic heterocycles. The Morgan fingerprint density at radius 2 is 2.19 bits per heavy atom. The number of nitrogens with one attached hydrogen (secondary N) is 1. The number of aromatic nitrogens is 2. The summed E-state index contributed by atoms with van der Waals surface area (Å²) in [5.41, 5.74) is 7.36. The number of nitrogens with two attached hydrogens (primary N) is 1. The number of nitrogens with zero attached hydrogens (tertiary/aromatic N) is 3. The molecule has 7 nitrogen and oxygen atoms in total. The van der Waals surface area contributed by atoms with E-state index in [-0.39, 0.29) is 28.6 Å². The first kappa shape index (κ1) is 21.3. The number of hydrogen-bond donors (Lipinski definition) is 2. The second kappa shape index (κ2) is 8.64. The van der Waals surface area contributed by atoms with Gasteiger partial charge in [0.2, 0.25) is 5.91 Å². The van der Waals surface area contributed by atoms with Gasteiger partial charge in [0.05, 0.1) is 29.4 Å². The Bertz CT molecular complexity index is 1140. The van der Waals surface area contributed by atoms with E-state index in [0.29, 0.717) is 29.0 Å². The zero-order chi connectivity index (χ0) is 22.1. The predicted molar refractivity (Wildman–Crippen MR) is 118 cm³/mol. The Labute approximate surface area is 184 Å². The van der Waals surface area contributed by atoms with E-state index in [1.54, 1.807) is 19.2 Å². The molecule has 9 heteroatoms. The van der Waals surface area contributed by atoms with Gasteiger partial charge in [0.1, 0.15) is 17.9 Å². The highest BCUT2D eigenvalue weighted by Gasteiger charge is 2.35. The van der Waals surface area contributed by atoms with Gasteiger partial charge in [-0.15, -0.1) is 0 Å². The molecule has 0 bridgehead atoms. The Morgan fingerprint density at radius 1 is 1.39 bits per heavy atom. The van der Waals surface area contributed by atoms with Crippen LogP contribution in [0.5, 0.6) is 5.75 Å². The van der Waals surface area contributed by atoms with Crippen molar-refractivity contribution in [3.8, 4) is 5.75 Å². The summed E-state index contributed by atoms with van der Waals surface area (Å²) in [7, 11) is 1.59. The van der Waals surface area contributed by atoms with Crippen molar-refractivity contribution in [3.63, 3.8) is 0 Å². The van der Waals surface area contributed by atoms with E-state index in [2.05, 4.69) is 20.2 Å². The number of halogens is 2. The van der Waals surface area contributed by atoms with E-state index < -0.39 is 5.82 Å². The quantitative estimate of drug-likeness (QED) is 0.600. The van der Waals surface area contributed by atoms with Gasteiger partial charge in [0, 0.05) is 23.6 Å². The molecule has 3 N–H and O–H groups in total. The van der Waals surface area contributed by atoms with Crippen LogP contribution in [0.2, 0.25) is 5.02 Å². The summed E-state index contributed by atoms with van der Waals surface area (Å²) in [6, 6.07) is 8.11. The fourth-order valence-electron chi connectivity index (χ4n) is 4.15. The Balaban J connectivity index is 1.74. The number of fused-ring (bicyclic) bond motifs is 1. The molecule has 0 unspecified atom stereocenters. The highest BCUT2D eigenvalue weighted by atomic mass is 35.5. The molecule has 162 valence electrons. The number of benzene rings is 2. The van der Waals surface area contributed by atoms with Crippen molar-refractivity contribution in [3.05, 3.63) is 53.1 Å². The van der Waals surface area contributed by atoms with Crippen molar-refractivity contribution < 1.29 is 13.9 Å². The zero-order valence-electron chi connectivity index (χ0n) is 17.2. The van der Waals surface area contributed by atoms with E-state index in [4.69, 9.17) is 22.1 Å². The molecule has 0 spiro atoms. The lowest BCUT2D eigenvalue weighted by molar-refractivity contribution is -0.123. The molecule has 2 atom stereocenters. The van der Waals surface area contributed by atoms with Crippen molar-refractivity contribution in [2.45, 2.75) is 25.9 Å². The van der Waals surface area contributed by atoms with E-state index >= 15 is 0 Å². The van der Waals surface area contributed by atoms with Crippen LogP contribution in [0.1, 0.15) is 18.9 Å². The van der Waals surface area contributed by atoms with Gasteiger partial charge in [-0.2, -0.15) is 0 Å². The van der Waals surface area contributed by atoms with E-state index in [0.717, 1.165) is 18.5 Å². The van der Waals surface area contributed by atoms with Gasteiger partial charge in [0.15, 0.2) is 5.82 Å². The van der Waals surface area contributed by atoms with Gasteiger partial charge in [-0.1, -0.05) is 24.6 Å². The third-order valence-electron chi connectivity index (χ3n) is 5.71. The van der Waals surface area contributed by atoms with Crippen molar-refractivity contribution in [2.75, 3.05) is 19.0 Å². The third kappa shape index (κ3) is 4.13. The maximum absolute atomic E-state index is 14.4. The topological polar surface area (TPSA) is 93.4 Å². The summed E-state index contributed by atoms with van der Waals surface area (Å²) >= 11 is 5.90. The second-order valence-corrected chi connectivity index (χ2v) is 8.12. The summed E-state index contributed by atoms with van der Waals surface area (Å²) in [5, 5.41) is 3.72. The molecule has 0 radical (unpaired) electrons. The number of hydrogen-bond acceptors (Lipinski definition) is 6. The lowest BCUT2D eigenvalue weighted by Gasteiger charge is -2.25. The maximum Gasteiger partial charge on any atom is 0.235 e. The normalized spacial score (nSPS) is 19.0. The summed E-state index contributed by atoms with van der Waals surface area (Å²) in [6.45, 7) is 3.28. The van der Waals surface area contributed by atoms with Crippen LogP contribution < -0.4 is 15.8 Å². The lowest BCUT2D eigenvalue weighted by atomic mass is 10.0. The molecule has 0 aliphatic carbocycles. The number of methoxy groups -OCH3 is 1. The number of amides is 1. The maximum atomic E-state index is 14.4. The molecule has 1 aliphatic rings. The van der Waals surface area contributed by atoms with Crippen LogP contribution >= 0.6 is 11.6 Å². The number of ether oxygens (including phenoxy) is 1. The van der Waals surface area contributed by atoms with Crippen molar-refractivity contribution in [1.29, 1.82) is 0 Å². The molecule has 2 aromatic carbocycles. The highest BCUT2D eigenvalue weighted by Crippen LogP contribution is 2.34. The Hall–Kier alpha value is -2.97. The average Bonchev–Trinajstić information content (AvgIpc) is 3.11. The van der Waals surface area contributed by atoms with E-state index in [1.165, 1.54) is 12.4 Å². The van der Waals surface area contributed by atoms with Crippen LogP contribution in [-0.4, -0.2) is 40.5 Å². The first-order valence-corrected chi connectivity index (χ1v) is 10.3. The molecule has 2 heterocycles. The van der Waals surface area contributed by atoms with Gasteiger partial charge in [-0.25, -0.2) is 14.4 Å². The molecule has 3 aromatic rings. The highest BCUT2D eigenvalue weighted by molar-refractivity contribution is 6.31. The number of carbonyl (C=O) groups excluding carboxylic acids is 1. The SMILES string of the molecule is COc1cc2ncnc(Nc3cccc(Cl)c3F)c2cc1CN1CC[C@H](C)[C@H]1C(N)=O. The number of likely N-dealkylation sites (tertiary alicyclic amines) is 1. The van der Waals surface area contributed by atoms with Crippen LogP contribution in [0.25, 0.3) is 10.9 Å². The van der Waals surface area contributed by atoms with Crippen LogP contribution in [0.3, 0.4) is 0 Å². The molecule has 31 heavy (non-hydrogen) atoms. The van der Waals surface area contributed by atoms with Crippen LogP contribution in [0.15, 0.2) is 36.7 Å². The van der Waals surface area contributed by atoms with Crippen molar-refractivity contribution in [1.82, 2.24) is 14.9 Å². The summed E-state index contributed by atoms with van der Waals surface area (Å²) in [5.74, 6) is 0.396. The van der Waals surface area contributed by atoms with Gasteiger partial charge in [-0.3, -0.25) is 9.69 Å². The minimum atomic E-state index is -0.556. The van der Waals surface area contributed by atoms with Crippen molar-refractivity contribution >= 4 is 39.9 Å². The molecular weight excluding hydrogens is 421 g/mol. The summed E-state index contributed by atoms with van der Waals surface area (Å²) in [6.07, 6.45) is 2.30. The van der Waals surface area contributed by atoms with E-state index in [1.807, 2.05) is 19.1 Å². The summed E-state index contributed by atoms with van der Waals surface area (Å²) in [4.78, 5) is 22.6. The molecule has 0 saturated carbocycles. The van der Waals surface area contributed by atoms with Gasteiger partial charge < -0.3 is 15.8 Å². The summed E-state index contributed by atoms with van der Waals surface area (Å²) < 4.78 is 20.0. The van der Waals surface area contributed by atoms with Crippen LogP contribution in [-0.2, 0) is 11.3 Å². The second-order valence-electron chi connectivity index (χ2n) is 7.71. The standard InChI is InChI=1S/C22H23ClFN5O2/c1-12-6-7-29(20(12)21(25)30)10-13-8-14-17(9-18(13)31-2)26-11-27-22(14)28-16-5-3-4-15(23)19(16)24/h3-5,8-9,11-12,20H,6-7,10H2,1-2H3,(H2,25,30)(H,26,27,28)/t12-,20-/m0/s1. The fraction of sp³-hybridized carbons (Fsp3) is 0.318. The van der Waals surface area contributed by atoms with Crippen LogP contribution in [0, 0.1) is 11.7 Å². The monoisotopic (exact) mass is 443 g/mol. The molecular formula is C22H23ClFN5O2. The fourth-order valence-corrected chi connectivity index (χ4v) is 4.33. The molecule has 4 rings (SSSR count). The first-order valence-electron chi connectivity index (χ1n) is 9.95. The minimum absolute atomic E-state index is 0.0198. The zero-order valence-corrected chi connectivity index (χ0v) is 18.0. The molecule has 1 saturated heterocycles.